The fourth-order valence-electron chi connectivity index (χ4n) is 2.55. The van der Waals surface area contributed by atoms with Crippen molar-refractivity contribution in [1.29, 1.82) is 0 Å². The lowest BCUT2D eigenvalue weighted by molar-refractivity contribution is 0.0717. The molecule has 3 rings (SSSR count). The van der Waals surface area contributed by atoms with E-state index in [0.29, 0.717) is 18.7 Å². The Labute approximate surface area is 136 Å². The molecule has 0 saturated carbocycles. The smallest absolute Gasteiger partial charge is 0.254 e. The number of furan rings is 1. The number of rotatable bonds is 5. The molecule has 0 fully saturated rings. The summed E-state index contributed by atoms with van der Waals surface area (Å²) in [6.45, 7) is 2.99. The van der Waals surface area contributed by atoms with Crippen molar-refractivity contribution in [3.05, 3.63) is 95.4 Å². The molecule has 0 N–H and O–H groups in total. The van der Waals surface area contributed by atoms with Crippen molar-refractivity contribution in [3.63, 3.8) is 0 Å². The molecule has 3 aromatic rings. The Morgan fingerprint density at radius 3 is 2.48 bits per heavy atom. The SMILES string of the molecule is Cc1cccc(C(=O)N(Cc2ccccc2)Cc2ccco2)c1. The number of amides is 1. The number of carbonyl (C=O) groups is 1. The molecule has 2 aromatic carbocycles. The van der Waals surface area contributed by atoms with Crippen LogP contribution in [-0.2, 0) is 13.1 Å². The molecule has 3 heteroatoms. The van der Waals surface area contributed by atoms with Gasteiger partial charge in [-0.15, -0.1) is 0 Å². The van der Waals surface area contributed by atoms with Crippen LogP contribution in [0.15, 0.2) is 77.4 Å². The van der Waals surface area contributed by atoms with Crippen molar-refractivity contribution < 1.29 is 9.21 Å². The van der Waals surface area contributed by atoms with Crippen LogP contribution in [0.5, 0.6) is 0 Å². The summed E-state index contributed by atoms with van der Waals surface area (Å²) in [5.74, 6) is 0.788. The molecule has 0 atom stereocenters. The zero-order valence-corrected chi connectivity index (χ0v) is 13.1. The first-order valence-electron chi connectivity index (χ1n) is 7.64. The number of aryl methyl sites for hydroxylation is 1. The van der Waals surface area contributed by atoms with Crippen LogP contribution in [0.1, 0.15) is 27.2 Å². The third-order valence-electron chi connectivity index (χ3n) is 3.70. The lowest BCUT2D eigenvalue weighted by Gasteiger charge is -2.22. The molecule has 0 spiro atoms. The number of hydrogen-bond acceptors (Lipinski definition) is 2. The van der Waals surface area contributed by atoms with E-state index in [1.165, 1.54) is 0 Å². The monoisotopic (exact) mass is 305 g/mol. The van der Waals surface area contributed by atoms with Crippen molar-refractivity contribution >= 4 is 5.91 Å². The largest absolute Gasteiger partial charge is 0.467 e. The van der Waals surface area contributed by atoms with Gasteiger partial charge in [0.25, 0.3) is 5.91 Å². The Morgan fingerprint density at radius 1 is 0.957 bits per heavy atom. The molecule has 1 heterocycles. The molecule has 116 valence electrons. The molecule has 1 aromatic heterocycles. The first kappa shape index (κ1) is 15.1. The van der Waals surface area contributed by atoms with Gasteiger partial charge in [-0.25, -0.2) is 0 Å². The van der Waals surface area contributed by atoms with E-state index in [4.69, 9.17) is 4.42 Å². The van der Waals surface area contributed by atoms with Crippen LogP contribution in [0.3, 0.4) is 0 Å². The van der Waals surface area contributed by atoms with Gasteiger partial charge in [-0.05, 0) is 36.8 Å². The van der Waals surface area contributed by atoms with Crippen LogP contribution < -0.4 is 0 Å². The third-order valence-corrected chi connectivity index (χ3v) is 3.70. The average molecular weight is 305 g/mol. The molecule has 0 bridgehead atoms. The molecule has 0 saturated heterocycles. The van der Waals surface area contributed by atoms with E-state index in [1.807, 2.05) is 78.6 Å². The van der Waals surface area contributed by atoms with Gasteiger partial charge in [0.2, 0.25) is 0 Å². The number of hydrogen-bond donors (Lipinski definition) is 0. The standard InChI is InChI=1S/C20H19NO2/c1-16-7-5-10-18(13-16)20(22)21(15-19-11-6-12-23-19)14-17-8-3-2-4-9-17/h2-13H,14-15H2,1H3. The minimum absolute atomic E-state index is 0.00829. The van der Waals surface area contributed by atoms with E-state index in [2.05, 4.69) is 0 Å². The van der Waals surface area contributed by atoms with Gasteiger partial charge in [-0.2, -0.15) is 0 Å². The zero-order valence-electron chi connectivity index (χ0n) is 13.1. The Kier molecular flexibility index (Phi) is 4.57. The van der Waals surface area contributed by atoms with Crippen molar-refractivity contribution in [3.8, 4) is 0 Å². The fraction of sp³-hybridized carbons (Fsp3) is 0.150. The van der Waals surface area contributed by atoms with Crippen LogP contribution in [0.2, 0.25) is 0 Å². The molecule has 0 aliphatic heterocycles. The van der Waals surface area contributed by atoms with E-state index in [9.17, 15) is 4.79 Å². The van der Waals surface area contributed by atoms with Gasteiger partial charge in [-0.3, -0.25) is 4.79 Å². The first-order chi connectivity index (χ1) is 11.2. The summed E-state index contributed by atoms with van der Waals surface area (Å²) < 4.78 is 5.42. The Balaban J connectivity index is 1.86. The van der Waals surface area contributed by atoms with Crippen LogP contribution in [0.4, 0.5) is 0 Å². The first-order valence-corrected chi connectivity index (χ1v) is 7.64. The highest BCUT2D eigenvalue weighted by atomic mass is 16.3. The van der Waals surface area contributed by atoms with Crippen LogP contribution >= 0.6 is 0 Å². The molecule has 0 unspecified atom stereocenters. The molecule has 1 amide bonds. The Morgan fingerprint density at radius 2 is 1.78 bits per heavy atom. The lowest BCUT2D eigenvalue weighted by Crippen LogP contribution is -2.30. The molecule has 0 aliphatic rings. The van der Waals surface area contributed by atoms with Gasteiger partial charge in [0.1, 0.15) is 5.76 Å². The van der Waals surface area contributed by atoms with E-state index in [0.717, 1.165) is 16.9 Å². The maximum atomic E-state index is 12.9. The van der Waals surface area contributed by atoms with E-state index < -0.39 is 0 Å². The van der Waals surface area contributed by atoms with Crippen molar-refractivity contribution in [2.24, 2.45) is 0 Å². The van der Waals surface area contributed by atoms with Crippen molar-refractivity contribution in [1.82, 2.24) is 4.90 Å². The molecule has 0 aliphatic carbocycles. The molecule has 23 heavy (non-hydrogen) atoms. The summed E-state index contributed by atoms with van der Waals surface area (Å²) in [4.78, 5) is 14.7. The van der Waals surface area contributed by atoms with E-state index >= 15 is 0 Å². The normalized spacial score (nSPS) is 10.5. The minimum Gasteiger partial charge on any atom is -0.467 e. The molecular weight excluding hydrogens is 286 g/mol. The Bertz CT molecular complexity index is 763. The van der Waals surface area contributed by atoms with Crippen LogP contribution in [0.25, 0.3) is 0 Å². The predicted octanol–water partition coefficient (Wildman–Crippen LogP) is 4.43. The number of carbonyl (C=O) groups excluding carboxylic acids is 1. The van der Waals surface area contributed by atoms with Gasteiger partial charge in [-0.1, -0.05) is 48.0 Å². The number of benzene rings is 2. The maximum Gasteiger partial charge on any atom is 0.254 e. The maximum absolute atomic E-state index is 12.9. The summed E-state index contributed by atoms with van der Waals surface area (Å²) in [5.41, 5.74) is 2.88. The van der Waals surface area contributed by atoms with E-state index in [-0.39, 0.29) is 5.91 Å². The summed E-state index contributed by atoms with van der Waals surface area (Å²) in [6, 6.07) is 21.4. The second kappa shape index (κ2) is 6.97. The van der Waals surface area contributed by atoms with Crippen molar-refractivity contribution in [2.45, 2.75) is 20.0 Å². The predicted molar refractivity (Wildman–Crippen MR) is 89.9 cm³/mol. The summed E-state index contributed by atoms with van der Waals surface area (Å²) in [7, 11) is 0. The molecule has 0 radical (unpaired) electrons. The molecular formula is C20H19NO2. The van der Waals surface area contributed by atoms with Gasteiger partial charge in [0.15, 0.2) is 0 Å². The van der Waals surface area contributed by atoms with Crippen molar-refractivity contribution in [2.75, 3.05) is 0 Å². The summed E-state index contributed by atoms with van der Waals surface area (Å²) >= 11 is 0. The number of nitrogens with zero attached hydrogens (tertiary/aromatic N) is 1. The van der Waals surface area contributed by atoms with Crippen LogP contribution in [0, 0.1) is 6.92 Å². The fourth-order valence-corrected chi connectivity index (χ4v) is 2.55. The van der Waals surface area contributed by atoms with Gasteiger partial charge in [0.05, 0.1) is 12.8 Å². The van der Waals surface area contributed by atoms with Gasteiger partial charge >= 0.3 is 0 Å². The second-order valence-corrected chi connectivity index (χ2v) is 5.60. The minimum atomic E-state index is 0.00829. The highest BCUT2D eigenvalue weighted by Gasteiger charge is 2.17. The summed E-state index contributed by atoms with van der Waals surface area (Å²) in [5, 5.41) is 0. The Hall–Kier alpha value is -2.81. The molecule has 3 nitrogen and oxygen atoms in total. The average Bonchev–Trinajstić information content (AvgIpc) is 3.08. The third kappa shape index (κ3) is 3.89. The highest BCUT2D eigenvalue weighted by Crippen LogP contribution is 2.15. The summed E-state index contributed by atoms with van der Waals surface area (Å²) in [6.07, 6.45) is 1.63. The van der Waals surface area contributed by atoms with Crippen LogP contribution in [-0.4, -0.2) is 10.8 Å². The zero-order chi connectivity index (χ0) is 16.1. The highest BCUT2D eigenvalue weighted by molar-refractivity contribution is 5.94. The van der Waals surface area contributed by atoms with Gasteiger partial charge < -0.3 is 9.32 Å². The second-order valence-electron chi connectivity index (χ2n) is 5.60. The van der Waals surface area contributed by atoms with Gasteiger partial charge in [0, 0.05) is 12.1 Å². The quantitative estimate of drug-likeness (QED) is 0.698. The lowest BCUT2D eigenvalue weighted by atomic mass is 10.1. The van der Waals surface area contributed by atoms with E-state index in [1.54, 1.807) is 6.26 Å². The topological polar surface area (TPSA) is 33.5 Å².